The third-order valence-corrected chi connectivity index (χ3v) is 5.58. The maximum atomic E-state index is 8.61. The van der Waals surface area contributed by atoms with E-state index in [2.05, 4.69) is 33.9 Å². The molecule has 0 spiro atoms. The highest BCUT2D eigenvalue weighted by Crippen LogP contribution is 2.35. The molecule has 4 rings (SSSR count). The van der Waals surface area contributed by atoms with Gasteiger partial charge in [0.1, 0.15) is 23.0 Å². The molecule has 0 radical (unpaired) electrons. The van der Waals surface area contributed by atoms with E-state index >= 15 is 0 Å². The van der Waals surface area contributed by atoms with Crippen molar-refractivity contribution < 1.29 is 9.47 Å². The van der Waals surface area contributed by atoms with Gasteiger partial charge in [-0.05, 0) is 70.7 Å². The second-order valence-electron chi connectivity index (χ2n) is 8.25. The largest absolute Gasteiger partial charge is 0.457 e. The monoisotopic (exact) mass is 462 g/mol. The molecule has 8 nitrogen and oxygen atoms in total. The van der Waals surface area contributed by atoms with E-state index in [1.807, 2.05) is 60.7 Å². The molecule has 35 heavy (non-hydrogen) atoms. The first-order valence-corrected chi connectivity index (χ1v) is 10.8. The minimum absolute atomic E-state index is 0.250. The van der Waals surface area contributed by atoms with Crippen molar-refractivity contribution in [2.75, 3.05) is 0 Å². The molecule has 0 saturated carbocycles. The van der Waals surface area contributed by atoms with Gasteiger partial charge in [0.25, 0.3) is 0 Å². The zero-order chi connectivity index (χ0) is 24.7. The van der Waals surface area contributed by atoms with Crippen molar-refractivity contribution in [3.05, 3.63) is 129 Å². The number of hydrogen-bond acceptors (Lipinski definition) is 4. The van der Waals surface area contributed by atoms with Crippen molar-refractivity contribution in [1.29, 1.82) is 0 Å². The van der Waals surface area contributed by atoms with Crippen LogP contribution in [0.15, 0.2) is 107 Å². The topological polar surface area (TPSA) is 116 Å². The lowest BCUT2D eigenvalue weighted by atomic mass is 9.78. The lowest BCUT2D eigenvalue weighted by Crippen LogP contribution is -2.18. The highest BCUT2D eigenvalue weighted by atomic mass is 16.5. The SMILES string of the molecule is CC(C)(c1ccc(Oc2cccc(N=[N+]=[N-])c2)cc1)c1ccc(Oc2cccc(N=[N+]=[N-])c2)cc1. The Morgan fingerprint density at radius 2 is 0.971 bits per heavy atom. The molecule has 0 aliphatic rings. The predicted octanol–water partition coefficient (Wildman–Crippen LogP) is 9.48. The van der Waals surface area contributed by atoms with Gasteiger partial charge in [0.2, 0.25) is 0 Å². The molecule has 0 bridgehead atoms. The Kier molecular flexibility index (Phi) is 6.88. The van der Waals surface area contributed by atoms with Crippen LogP contribution in [0.25, 0.3) is 20.9 Å². The van der Waals surface area contributed by atoms with Crippen LogP contribution in [0.1, 0.15) is 25.0 Å². The van der Waals surface area contributed by atoms with E-state index in [0.29, 0.717) is 34.4 Å². The van der Waals surface area contributed by atoms with Gasteiger partial charge in [0.05, 0.1) is 0 Å². The Hall–Kier alpha value is -4.90. The smallest absolute Gasteiger partial charge is 0.127 e. The Bertz CT molecular complexity index is 1310. The summed E-state index contributed by atoms with van der Waals surface area (Å²) in [6.45, 7) is 4.32. The van der Waals surface area contributed by atoms with Crippen LogP contribution in [0.5, 0.6) is 23.0 Å². The fourth-order valence-electron chi connectivity index (χ4n) is 3.64. The summed E-state index contributed by atoms with van der Waals surface area (Å²) in [5, 5.41) is 7.21. The van der Waals surface area contributed by atoms with Crippen LogP contribution in [0.2, 0.25) is 0 Å². The van der Waals surface area contributed by atoms with Gasteiger partial charge < -0.3 is 9.47 Å². The predicted molar refractivity (Wildman–Crippen MR) is 136 cm³/mol. The molecule has 0 aromatic heterocycles. The summed E-state index contributed by atoms with van der Waals surface area (Å²) in [5.74, 6) is 2.58. The van der Waals surface area contributed by atoms with Gasteiger partial charge in [0.15, 0.2) is 0 Å². The van der Waals surface area contributed by atoms with Crippen LogP contribution >= 0.6 is 0 Å². The van der Waals surface area contributed by atoms with Gasteiger partial charge in [-0.25, -0.2) is 0 Å². The van der Waals surface area contributed by atoms with Crippen molar-refractivity contribution in [3.8, 4) is 23.0 Å². The van der Waals surface area contributed by atoms with Crippen molar-refractivity contribution in [2.45, 2.75) is 19.3 Å². The Labute approximate surface area is 202 Å². The van der Waals surface area contributed by atoms with Crippen molar-refractivity contribution in [1.82, 2.24) is 0 Å². The first-order valence-electron chi connectivity index (χ1n) is 10.8. The highest BCUT2D eigenvalue weighted by molar-refractivity contribution is 5.47. The van der Waals surface area contributed by atoms with Gasteiger partial charge >= 0.3 is 0 Å². The number of azide groups is 2. The number of nitrogens with zero attached hydrogens (tertiary/aromatic N) is 6. The minimum atomic E-state index is -0.250. The minimum Gasteiger partial charge on any atom is -0.457 e. The summed E-state index contributed by atoms with van der Waals surface area (Å²) < 4.78 is 11.8. The molecular formula is C27H22N6O2. The summed E-state index contributed by atoms with van der Waals surface area (Å²) in [6.07, 6.45) is 0. The second kappa shape index (κ2) is 10.4. The maximum Gasteiger partial charge on any atom is 0.127 e. The molecule has 172 valence electrons. The van der Waals surface area contributed by atoms with Crippen LogP contribution in [0.4, 0.5) is 11.4 Å². The molecule has 0 heterocycles. The van der Waals surface area contributed by atoms with Gasteiger partial charge in [-0.2, -0.15) is 0 Å². The molecule has 0 aliphatic carbocycles. The quantitative estimate of drug-likeness (QED) is 0.147. The zero-order valence-corrected chi connectivity index (χ0v) is 19.2. The molecular weight excluding hydrogens is 440 g/mol. The molecule has 4 aromatic rings. The molecule has 0 fully saturated rings. The van der Waals surface area contributed by atoms with Gasteiger partial charge in [-0.3, -0.25) is 0 Å². The fourth-order valence-corrected chi connectivity index (χ4v) is 3.64. The van der Waals surface area contributed by atoms with Crippen molar-refractivity contribution in [2.24, 2.45) is 10.2 Å². The molecule has 0 saturated heterocycles. The second-order valence-corrected chi connectivity index (χ2v) is 8.25. The molecule has 0 N–H and O–H groups in total. The first-order chi connectivity index (χ1) is 17.0. The number of hydrogen-bond donors (Lipinski definition) is 0. The molecule has 0 aliphatic heterocycles. The van der Waals surface area contributed by atoms with E-state index in [4.69, 9.17) is 20.5 Å². The molecule has 4 aromatic carbocycles. The van der Waals surface area contributed by atoms with Crippen LogP contribution in [-0.2, 0) is 5.41 Å². The number of ether oxygens (including phenoxy) is 2. The number of benzene rings is 4. The van der Waals surface area contributed by atoms with Crippen LogP contribution in [0.3, 0.4) is 0 Å². The van der Waals surface area contributed by atoms with E-state index in [0.717, 1.165) is 11.1 Å². The summed E-state index contributed by atoms with van der Waals surface area (Å²) in [7, 11) is 0. The van der Waals surface area contributed by atoms with Crippen molar-refractivity contribution >= 4 is 11.4 Å². The molecule has 0 amide bonds. The average molecular weight is 463 g/mol. The van der Waals surface area contributed by atoms with Crippen LogP contribution in [0, 0.1) is 0 Å². The van der Waals surface area contributed by atoms with E-state index < -0.39 is 0 Å². The highest BCUT2D eigenvalue weighted by Gasteiger charge is 2.23. The molecule has 8 heteroatoms. The van der Waals surface area contributed by atoms with Crippen LogP contribution in [-0.4, -0.2) is 0 Å². The maximum absolute atomic E-state index is 8.61. The third kappa shape index (κ3) is 5.72. The molecule has 0 atom stereocenters. The first kappa shape index (κ1) is 23.3. The van der Waals surface area contributed by atoms with E-state index in [9.17, 15) is 0 Å². The summed E-state index contributed by atoms with van der Waals surface area (Å²) in [4.78, 5) is 5.61. The average Bonchev–Trinajstić information content (AvgIpc) is 2.86. The zero-order valence-electron chi connectivity index (χ0n) is 19.2. The lowest BCUT2D eigenvalue weighted by molar-refractivity contribution is 0.481. The summed E-state index contributed by atoms with van der Waals surface area (Å²) >= 11 is 0. The lowest BCUT2D eigenvalue weighted by Gasteiger charge is -2.26. The molecule has 0 unspecified atom stereocenters. The van der Waals surface area contributed by atoms with E-state index in [1.54, 1.807) is 36.4 Å². The van der Waals surface area contributed by atoms with Gasteiger partial charge in [-0.15, -0.1) is 0 Å². The summed E-state index contributed by atoms with van der Waals surface area (Å²) in [5.41, 5.74) is 20.2. The third-order valence-electron chi connectivity index (χ3n) is 5.58. The van der Waals surface area contributed by atoms with Crippen molar-refractivity contribution in [3.63, 3.8) is 0 Å². The summed E-state index contributed by atoms with van der Waals surface area (Å²) in [6, 6.07) is 29.8. The normalized spacial score (nSPS) is 10.6. The number of rotatable bonds is 8. The van der Waals surface area contributed by atoms with Crippen LogP contribution < -0.4 is 9.47 Å². The standard InChI is InChI=1S/C27H22N6O2/c1-27(2,19-9-13-23(14-10-19)34-25-7-3-5-21(17-25)30-32-28)20-11-15-24(16-12-20)35-26-8-4-6-22(18-26)31-33-29/h3-18H,1-2H3. The Morgan fingerprint density at radius 3 is 1.34 bits per heavy atom. The van der Waals surface area contributed by atoms with Gasteiger partial charge in [0, 0.05) is 26.6 Å². The Morgan fingerprint density at radius 1 is 0.571 bits per heavy atom. The Balaban J connectivity index is 1.47. The fraction of sp³-hybridized carbons (Fsp3) is 0.111. The van der Waals surface area contributed by atoms with E-state index in [1.165, 1.54) is 0 Å². The van der Waals surface area contributed by atoms with Gasteiger partial charge in [-0.1, -0.05) is 72.6 Å². The van der Waals surface area contributed by atoms with E-state index in [-0.39, 0.29) is 5.41 Å².